The Morgan fingerprint density at radius 3 is 2.81 bits per heavy atom. The summed E-state index contributed by atoms with van der Waals surface area (Å²) in [5.41, 5.74) is 2.85. The highest BCUT2D eigenvalue weighted by atomic mass is 35.5. The average molecular weight is 469 g/mol. The quantitative estimate of drug-likeness (QED) is 0.497. The van der Waals surface area contributed by atoms with Crippen molar-refractivity contribution in [3.8, 4) is 5.75 Å². The number of rotatable bonds is 7. The maximum atomic E-state index is 13.2. The number of carbonyl (C=O) groups is 2. The number of nitrogens with zero attached hydrogens (tertiary/aromatic N) is 1. The molecule has 32 heavy (non-hydrogen) atoms. The summed E-state index contributed by atoms with van der Waals surface area (Å²) < 4.78 is 5.51. The minimum Gasteiger partial charge on any atom is -0.482 e. The van der Waals surface area contributed by atoms with Gasteiger partial charge in [-0.05, 0) is 36.1 Å². The Labute approximate surface area is 194 Å². The molecule has 1 unspecified atom stereocenters. The molecule has 0 radical (unpaired) electrons. The first-order valence-corrected chi connectivity index (χ1v) is 11.7. The third kappa shape index (κ3) is 4.16. The molecular weight excluding hydrogens is 448 g/mol. The Morgan fingerprint density at radius 1 is 1.22 bits per heavy atom. The Kier molecular flexibility index (Phi) is 5.71. The van der Waals surface area contributed by atoms with Gasteiger partial charge in [0.1, 0.15) is 5.75 Å². The minimum absolute atomic E-state index is 0.0166. The van der Waals surface area contributed by atoms with E-state index in [9.17, 15) is 9.59 Å². The van der Waals surface area contributed by atoms with Gasteiger partial charge in [-0.15, -0.1) is 11.3 Å². The molecule has 0 amide bonds. The number of halogens is 1. The molecule has 2 heterocycles. The molecular formula is C24H21ClN2O4S. The van der Waals surface area contributed by atoms with Crippen LogP contribution in [0.4, 0.5) is 0 Å². The number of hydrogen-bond donors (Lipinski definition) is 2. The van der Waals surface area contributed by atoms with Crippen molar-refractivity contribution in [2.75, 3.05) is 13.2 Å². The van der Waals surface area contributed by atoms with Crippen LogP contribution in [0.25, 0.3) is 0 Å². The van der Waals surface area contributed by atoms with Gasteiger partial charge in [-0.25, -0.2) is 9.78 Å². The third-order valence-electron chi connectivity index (χ3n) is 5.90. The number of carbonyl (C=O) groups excluding carboxylic acids is 1. The van der Waals surface area contributed by atoms with Gasteiger partial charge in [0.25, 0.3) is 0 Å². The summed E-state index contributed by atoms with van der Waals surface area (Å²) in [6, 6.07) is 15.0. The Balaban J connectivity index is 1.42. The zero-order valence-corrected chi connectivity index (χ0v) is 18.7. The Morgan fingerprint density at radius 2 is 2.03 bits per heavy atom. The van der Waals surface area contributed by atoms with Crippen molar-refractivity contribution >= 4 is 34.7 Å². The van der Waals surface area contributed by atoms with Gasteiger partial charge in [0.2, 0.25) is 0 Å². The molecule has 1 saturated carbocycles. The summed E-state index contributed by atoms with van der Waals surface area (Å²) in [5, 5.41) is 13.5. The van der Waals surface area contributed by atoms with E-state index in [-0.39, 0.29) is 23.7 Å². The lowest BCUT2D eigenvalue weighted by Crippen LogP contribution is -2.30. The number of aliphatic carboxylic acids is 1. The first kappa shape index (κ1) is 21.1. The number of benzene rings is 2. The van der Waals surface area contributed by atoms with Crippen molar-refractivity contribution in [2.45, 2.75) is 24.8 Å². The molecule has 2 aromatic carbocycles. The molecule has 1 aliphatic carbocycles. The number of nitrogens with one attached hydrogen (secondary N) is 1. The van der Waals surface area contributed by atoms with Gasteiger partial charge in [0, 0.05) is 29.5 Å². The minimum atomic E-state index is -1.05. The lowest BCUT2D eigenvalue weighted by molar-refractivity contribution is -0.139. The van der Waals surface area contributed by atoms with Gasteiger partial charge in [-0.2, -0.15) is 0 Å². The standard InChI is InChI=1S/C24H21ClN2O4S/c25-14-6-7-19(31-12-20(28)29)17(10-14)21-23-18(8-9-26-21)27-24(32-23)22(30)16-11-15(16)13-4-2-1-3-5-13/h1-7,10,15-16,21,26H,8-9,11-12H2,(H,28,29)/t15-,16+,21?/m1/s1. The van der Waals surface area contributed by atoms with Crippen molar-refractivity contribution in [1.29, 1.82) is 0 Å². The number of aromatic nitrogens is 1. The SMILES string of the molecule is O=C(O)COc1ccc(Cl)cc1C1NCCc2nc(C(=O)[C@H]3C[C@@H]3c3ccccc3)sc21. The predicted molar refractivity (Wildman–Crippen MR) is 122 cm³/mol. The fourth-order valence-corrected chi connectivity index (χ4v) is 5.67. The number of carboxylic acid groups (broad SMARTS) is 1. The molecule has 2 N–H and O–H groups in total. The molecule has 0 spiro atoms. The number of fused-ring (bicyclic) bond motifs is 1. The molecule has 3 atom stereocenters. The molecule has 0 saturated heterocycles. The van der Waals surface area contributed by atoms with Gasteiger partial charge in [-0.1, -0.05) is 41.9 Å². The van der Waals surface area contributed by atoms with Gasteiger partial charge in [0.05, 0.1) is 16.6 Å². The van der Waals surface area contributed by atoms with Crippen molar-refractivity contribution < 1.29 is 19.4 Å². The van der Waals surface area contributed by atoms with Crippen LogP contribution in [0.3, 0.4) is 0 Å². The van der Waals surface area contributed by atoms with Crippen LogP contribution in [-0.4, -0.2) is 35.0 Å². The van der Waals surface area contributed by atoms with Crippen molar-refractivity contribution in [2.24, 2.45) is 5.92 Å². The normalized spacial score (nSPS) is 21.6. The highest BCUT2D eigenvalue weighted by Gasteiger charge is 2.45. The number of thiazole rings is 1. The molecule has 2 aliphatic rings. The number of ether oxygens (including phenoxy) is 1. The molecule has 164 valence electrons. The summed E-state index contributed by atoms with van der Waals surface area (Å²) in [6.45, 7) is 0.249. The molecule has 6 nitrogen and oxygen atoms in total. The number of hydrogen-bond acceptors (Lipinski definition) is 6. The molecule has 5 rings (SSSR count). The zero-order chi connectivity index (χ0) is 22.2. The van der Waals surface area contributed by atoms with Crippen molar-refractivity contribution in [3.05, 3.63) is 80.3 Å². The predicted octanol–water partition coefficient (Wildman–Crippen LogP) is 4.48. The molecule has 8 heteroatoms. The second-order valence-corrected chi connectivity index (χ2v) is 9.52. The summed E-state index contributed by atoms with van der Waals surface area (Å²) >= 11 is 7.65. The highest BCUT2D eigenvalue weighted by Crippen LogP contribution is 2.50. The van der Waals surface area contributed by atoms with Crippen molar-refractivity contribution in [1.82, 2.24) is 10.3 Å². The first-order valence-electron chi connectivity index (χ1n) is 10.5. The van der Waals surface area contributed by atoms with Gasteiger partial charge >= 0.3 is 5.97 Å². The van der Waals surface area contributed by atoms with E-state index in [4.69, 9.17) is 26.4 Å². The van der Waals surface area contributed by atoms with E-state index >= 15 is 0 Å². The summed E-state index contributed by atoms with van der Waals surface area (Å²) in [7, 11) is 0. The summed E-state index contributed by atoms with van der Waals surface area (Å²) in [5.74, 6) is -0.244. The summed E-state index contributed by atoms with van der Waals surface area (Å²) in [4.78, 5) is 29.8. The molecule has 3 aromatic rings. The van der Waals surface area contributed by atoms with E-state index < -0.39 is 12.6 Å². The van der Waals surface area contributed by atoms with Crippen LogP contribution < -0.4 is 10.1 Å². The smallest absolute Gasteiger partial charge is 0.341 e. The molecule has 1 aliphatic heterocycles. The van der Waals surface area contributed by atoms with Gasteiger partial charge in [0.15, 0.2) is 17.4 Å². The van der Waals surface area contributed by atoms with Crippen LogP contribution in [0.1, 0.15) is 49.9 Å². The van der Waals surface area contributed by atoms with Gasteiger partial charge in [-0.3, -0.25) is 4.79 Å². The van der Waals surface area contributed by atoms with E-state index in [2.05, 4.69) is 17.4 Å². The van der Waals surface area contributed by atoms with Crippen LogP contribution in [0, 0.1) is 5.92 Å². The fourth-order valence-electron chi connectivity index (χ4n) is 4.28. The zero-order valence-electron chi connectivity index (χ0n) is 17.1. The number of ketones is 1. The molecule has 0 bridgehead atoms. The Bertz CT molecular complexity index is 1180. The van der Waals surface area contributed by atoms with E-state index in [1.54, 1.807) is 18.2 Å². The number of carboxylic acids is 1. The maximum Gasteiger partial charge on any atom is 0.341 e. The first-order chi connectivity index (χ1) is 15.5. The lowest BCUT2D eigenvalue weighted by Gasteiger charge is -2.25. The highest BCUT2D eigenvalue weighted by molar-refractivity contribution is 7.14. The van der Waals surface area contributed by atoms with E-state index in [1.807, 2.05) is 18.2 Å². The van der Waals surface area contributed by atoms with Crippen molar-refractivity contribution in [3.63, 3.8) is 0 Å². The monoisotopic (exact) mass is 468 g/mol. The maximum absolute atomic E-state index is 13.2. The molecule has 1 aromatic heterocycles. The molecule has 1 fully saturated rings. The van der Waals surface area contributed by atoms with E-state index in [0.717, 1.165) is 29.0 Å². The topological polar surface area (TPSA) is 88.5 Å². The van der Waals surface area contributed by atoms with E-state index in [0.29, 0.717) is 22.3 Å². The van der Waals surface area contributed by atoms with Crippen LogP contribution >= 0.6 is 22.9 Å². The van der Waals surface area contributed by atoms with Crippen LogP contribution in [0.15, 0.2) is 48.5 Å². The second-order valence-electron chi connectivity index (χ2n) is 8.06. The van der Waals surface area contributed by atoms with Gasteiger partial charge < -0.3 is 15.2 Å². The van der Waals surface area contributed by atoms with Crippen LogP contribution in [0.2, 0.25) is 5.02 Å². The van der Waals surface area contributed by atoms with Crippen LogP contribution in [-0.2, 0) is 11.2 Å². The summed E-state index contributed by atoms with van der Waals surface area (Å²) in [6.07, 6.45) is 1.59. The van der Waals surface area contributed by atoms with Crippen LogP contribution in [0.5, 0.6) is 5.75 Å². The number of Topliss-reactive ketones (excluding diaryl/α,β-unsaturated/α-hetero) is 1. The third-order valence-corrected chi connectivity index (χ3v) is 7.31. The fraction of sp³-hybridized carbons (Fsp3) is 0.292. The second kappa shape index (κ2) is 8.65. The lowest BCUT2D eigenvalue weighted by atomic mass is 9.99. The largest absolute Gasteiger partial charge is 0.482 e. The Hall–Kier alpha value is -2.74. The average Bonchev–Trinajstić information content (AvgIpc) is 3.48. The van der Waals surface area contributed by atoms with E-state index in [1.165, 1.54) is 16.9 Å².